The lowest BCUT2D eigenvalue weighted by atomic mass is 10.1. The second-order valence-corrected chi connectivity index (χ2v) is 7.58. The Hall–Kier alpha value is -1.92. The Morgan fingerprint density at radius 1 is 1.08 bits per heavy atom. The number of nitrogens with zero attached hydrogens (tertiary/aromatic N) is 1. The highest BCUT2D eigenvalue weighted by atomic mass is 32.2. The van der Waals surface area contributed by atoms with E-state index in [1.54, 1.807) is 31.2 Å². The van der Waals surface area contributed by atoms with Gasteiger partial charge in [-0.3, -0.25) is 0 Å². The molecule has 0 spiro atoms. The molecule has 2 aromatic rings. The summed E-state index contributed by atoms with van der Waals surface area (Å²) in [6.45, 7) is 5.97. The van der Waals surface area contributed by atoms with E-state index in [4.69, 9.17) is 4.74 Å². The molecule has 0 heterocycles. The number of methoxy groups -OCH3 is 1. The van der Waals surface area contributed by atoms with Crippen LogP contribution in [0.5, 0.6) is 5.75 Å². The molecule has 0 aliphatic heterocycles. The van der Waals surface area contributed by atoms with Crippen molar-refractivity contribution in [3.8, 4) is 5.75 Å². The minimum Gasteiger partial charge on any atom is -0.494 e. The molecule has 0 saturated heterocycles. The molecule has 6 heteroatoms. The predicted molar refractivity (Wildman–Crippen MR) is 92.1 cm³/mol. The van der Waals surface area contributed by atoms with E-state index in [9.17, 15) is 12.8 Å². The molecule has 0 bridgehead atoms. The Labute approximate surface area is 142 Å². The van der Waals surface area contributed by atoms with Crippen LogP contribution in [0.15, 0.2) is 41.3 Å². The molecule has 4 nitrogen and oxygen atoms in total. The highest BCUT2D eigenvalue weighted by Gasteiger charge is 2.24. The summed E-state index contributed by atoms with van der Waals surface area (Å²) in [7, 11) is -2.25. The molecule has 0 aliphatic carbocycles. The molecular formula is C18H22FNO3S. The van der Waals surface area contributed by atoms with Gasteiger partial charge in [-0.05, 0) is 54.8 Å². The van der Waals surface area contributed by atoms with E-state index in [0.29, 0.717) is 12.1 Å². The molecule has 0 radical (unpaired) electrons. The van der Waals surface area contributed by atoms with E-state index in [1.807, 2.05) is 13.8 Å². The van der Waals surface area contributed by atoms with Crippen molar-refractivity contribution in [3.05, 3.63) is 58.9 Å². The zero-order valence-corrected chi connectivity index (χ0v) is 15.2. The van der Waals surface area contributed by atoms with Gasteiger partial charge in [0.2, 0.25) is 10.0 Å². The van der Waals surface area contributed by atoms with Crippen LogP contribution in [0, 0.1) is 19.7 Å². The predicted octanol–water partition coefficient (Wildman–Crippen LogP) is 3.66. The number of halogens is 1. The van der Waals surface area contributed by atoms with E-state index in [1.165, 1.54) is 23.5 Å². The highest BCUT2D eigenvalue weighted by Crippen LogP contribution is 2.23. The van der Waals surface area contributed by atoms with Gasteiger partial charge in [0.15, 0.2) is 11.6 Å². The molecule has 0 saturated carbocycles. The topological polar surface area (TPSA) is 46.6 Å². The van der Waals surface area contributed by atoms with Crippen LogP contribution in [-0.4, -0.2) is 26.4 Å². The molecule has 2 rings (SSSR count). The number of hydrogen-bond acceptors (Lipinski definition) is 3. The average molecular weight is 351 g/mol. The van der Waals surface area contributed by atoms with Gasteiger partial charge >= 0.3 is 0 Å². The maximum absolute atomic E-state index is 13.8. The fraction of sp³-hybridized carbons (Fsp3) is 0.333. The molecular weight excluding hydrogens is 329 g/mol. The van der Waals surface area contributed by atoms with Crippen LogP contribution in [0.3, 0.4) is 0 Å². The average Bonchev–Trinajstić information content (AvgIpc) is 2.55. The van der Waals surface area contributed by atoms with E-state index in [0.717, 1.165) is 11.1 Å². The van der Waals surface area contributed by atoms with Crippen LogP contribution in [0.2, 0.25) is 0 Å². The zero-order valence-electron chi connectivity index (χ0n) is 14.3. The molecule has 0 fully saturated rings. The first-order chi connectivity index (χ1) is 11.3. The number of aryl methyl sites for hydroxylation is 2. The summed E-state index contributed by atoms with van der Waals surface area (Å²) in [4.78, 5) is 0.251. The van der Waals surface area contributed by atoms with Crippen LogP contribution in [0.25, 0.3) is 0 Å². The van der Waals surface area contributed by atoms with Gasteiger partial charge in [-0.15, -0.1) is 0 Å². The maximum Gasteiger partial charge on any atom is 0.243 e. The van der Waals surface area contributed by atoms with Crippen molar-refractivity contribution in [1.29, 1.82) is 0 Å². The van der Waals surface area contributed by atoms with Crippen molar-refractivity contribution in [2.75, 3.05) is 13.7 Å². The summed E-state index contributed by atoms with van der Waals surface area (Å²) in [6, 6.07) is 9.54. The lowest BCUT2D eigenvalue weighted by molar-refractivity contribution is 0.384. The minimum absolute atomic E-state index is 0.104. The SMILES string of the molecule is CCN(Cc1ccc(OC)c(F)c1)S(=O)(=O)c1ccc(C)c(C)c1. The van der Waals surface area contributed by atoms with E-state index in [-0.39, 0.29) is 17.2 Å². The Morgan fingerprint density at radius 2 is 1.79 bits per heavy atom. The lowest BCUT2D eigenvalue weighted by Gasteiger charge is -2.21. The molecule has 0 aliphatic rings. The Kier molecular flexibility index (Phi) is 5.62. The van der Waals surface area contributed by atoms with Crippen molar-refractivity contribution in [2.45, 2.75) is 32.2 Å². The van der Waals surface area contributed by atoms with Gasteiger partial charge in [-0.1, -0.05) is 19.1 Å². The second-order valence-electron chi connectivity index (χ2n) is 5.65. The summed E-state index contributed by atoms with van der Waals surface area (Å²) in [5.74, 6) is -0.367. The van der Waals surface area contributed by atoms with Crippen LogP contribution in [0.1, 0.15) is 23.6 Å². The first-order valence-electron chi connectivity index (χ1n) is 7.69. The van der Waals surface area contributed by atoms with E-state index >= 15 is 0 Å². The van der Waals surface area contributed by atoms with Gasteiger partial charge in [-0.25, -0.2) is 12.8 Å². The third-order valence-electron chi connectivity index (χ3n) is 4.04. The number of ether oxygens (including phenoxy) is 1. The van der Waals surface area contributed by atoms with Crippen molar-refractivity contribution in [1.82, 2.24) is 4.31 Å². The van der Waals surface area contributed by atoms with Gasteiger partial charge in [0, 0.05) is 13.1 Å². The maximum atomic E-state index is 13.8. The monoisotopic (exact) mass is 351 g/mol. The molecule has 0 unspecified atom stereocenters. The number of rotatable bonds is 6. The third kappa shape index (κ3) is 3.76. The lowest BCUT2D eigenvalue weighted by Crippen LogP contribution is -2.30. The quantitative estimate of drug-likeness (QED) is 0.798. The molecule has 0 amide bonds. The normalized spacial score (nSPS) is 11.8. The zero-order chi connectivity index (χ0) is 17.9. The molecule has 0 atom stereocenters. The fourth-order valence-electron chi connectivity index (χ4n) is 2.40. The van der Waals surface area contributed by atoms with Crippen molar-refractivity contribution in [3.63, 3.8) is 0 Å². The first kappa shape index (κ1) is 18.4. The smallest absolute Gasteiger partial charge is 0.243 e. The Bertz CT molecular complexity index is 834. The second kappa shape index (κ2) is 7.32. The van der Waals surface area contributed by atoms with Crippen molar-refractivity contribution < 1.29 is 17.5 Å². The largest absolute Gasteiger partial charge is 0.494 e. The van der Waals surface area contributed by atoms with Crippen molar-refractivity contribution >= 4 is 10.0 Å². The van der Waals surface area contributed by atoms with E-state index < -0.39 is 15.8 Å². The Morgan fingerprint density at radius 3 is 2.33 bits per heavy atom. The summed E-state index contributed by atoms with van der Waals surface area (Å²) in [5, 5.41) is 0. The minimum atomic E-state index is -3.64. The first-order valence-corrected chi connectivity index (χ1v) is 9.13. The number of hydrogen-bond donors (Lipinski definition) is 0. The molecule has 24 heavy (non-hydrogen) atoms. The third-order valence-corrected chi connectivity index (χ3v) is 5.96. The fourth-order valence-corrected chi connectivity index (χ4v) is 3.92. The summed E-state index contributed by atoms with van der Waals surface area (Å²) in [5.41, 5.74) is 2.53. The highest BCUT2D eigenvalue weighted by molar-refractivity contribution is 7.89. The van der Waals surface area contributed by atoms with Gasteiger partial charge in [0.1, 0.15) is 0 Å². The Balaban J connectivity index is 2.32. The molecule has 2 aromatic carbocycles. The summed E-state index contributed by atoms with van der Waals surface area (Å²) < 4.78 is 45.7. The number of benzene rings is 2. The molecule has 0 N–H and O–H groups in total. The molecule has 130 valence electrons. The van der Waals surface area contributed by atoms with Crippen LogP contribution in [-0.2, 0) is 16.6 Å². The summed E-state index contributed by atoms with van der Waals surface area (Å²) >= 11 is 0. The van der Waals surface area contributed by atoms with Crippen LogP contribution < -0.4 is 4.74 Å². The summed E-state index contributed by atoms with van der Waals surface area (Å²) in [6.07, 6.45) is 0. The van der Waals surface area contributed by atoms with Crippen LogP contribution in [0.4, 0.5) is 4.39 Å². The van der Waals surface area contributed by atoms with Crippen LogP contribution >= 0.6 is 0 Å². The van der Waals surface area contributed by atoms with Gasteiger partial charge in [0.05, 0.1) is 12.0 Å². The standard InChI is InChI=1S/C18H22FNO3S/c1-5-20(12-15-7-9-18(23-4)17(19)11-15)24(21,22)16-8-6-13(2)14(3)10-16/h6-11H,5,12H2,1-4H3. The van der Waals surface area contributed by atoms with E-state index in [2.05, 4.69) is 0 Å². The van der Waals surface area contributed by atoms with Gasteiger partial charge in [0.25, 0.3) is 0 Å². The molecule has 0 aromatic heterocycles. The van der Waals surface area contributed by atoms with Gasteiger partial charge in [-0.2, -0.15) is 4.31 Å². The number of sulfonamides is 1. The van der Waals surface area contributed by atoms with Crippen molar-refractivity contribution in [2.24, 2.45) is 0 Å². The van der Waals surface area contributed by atoms with Gasteiger partial charge < -0.3 is 4.74 Å².